The lowest BCUT2D eigenvalue weighted by Crippen LogP contribution is -2.54. The SMILES string of the molecule is CCC[C@H](N)C(=O)N1CCN(C(=O)C2CC2)CC1. The van der Waals surface area contributed by atoms with Crippen LogP contribution in [-0.2, 0) is 9.59 Å². The maximum absolute atomic E-state index is 12.0. The largest absolute Gasteiger partial charge is 0.339 e. The Bertz CT molecular complexity index is 320. The first-order chi connectivity index (χ1) is 8.63. The molecule has 5 heteroatoms. The second-order valence-corrected chi connectivity index (χ2v) is 5.32. The van der Waals surface area contributed by atoms with Gasteiger partial charge in [0.15, 0.2) is 0 Å². The van der Waals surface area contributed by atoms with Gasteiger partial charge in [-0.05, 0) is 19.3 Å². The first-order valence-electron chi connectivity index (χ1n) is 6.96. The van der Waals surface area contributed by atoms with Gasteiger partial charge in [0.1, 0.15) is 0 Å². The minimum absolute atomic E-state index is 0.0374. The van der Waals surface area contributed by atoms with Gasteiger partial charge in [0.2, 0.25) is 11.8 Å². The molecule has 0 radical (unpaired) electrons. The van der Waals surface area contributed by atoms with E-state index >= 15 is 0 Å². The van der Waals surface area contributed by atoms with Crippen molar-refractivity contribution in [3.63, 3.8) is 0 Å². The van der Waals surface area contributed by atoms with Gasteiger partial charge in [0, 0.05) is 32.1 Å². The van der Waals surface area contributed by atoms with Gasteiger partial charge >= 0.3 is 0 Å². The molecule has 0 aromatic rings. The summed E-state index contributed by atoms with van der Waals surface area (Å²) in [4.78, 5) is 27.6. The molecule has 2 fully saturated rings. The zero-order valence-electron chi connectivity index (χ0n) is 11.1. The maximum atomic E-state index is 12.0. The zero-order chi connectivity index (χ0) is 13.1. The Labute approximate surface area is 108 Å². The highest BCUT2D eigenvalue weighted by Gasteiger charge is 2.35. The molecule has 5 nitrogen and oxygen atoms in total. The molecule has 2 amide bonds. The third-order valence-corrected chi connectivity index (χ3v) is 3.75. The van der Waals surface area contributed by atoms with Gasteiger partial charge in [-0.2, -0.15) is 0 Å². The first-order valence-corrected chi connectivity index (χ1v) is 6.96. The Kier molecular flexibility index (Phi) is 4.22. The lowest BCUT2D eigenvalue weighted by molar-refractivity contribution is -0.141. The van der Waals surface area contributed by atoms with Gasteiger partial charge in [-0.25, -0.2) is 0 Å². The quantitative estimate of drug-likeness (QED) is 0.778. The van der Waals surface area contributed by atoms with Crippen LogP contribution in [0, 0.1) is 5.92 Å². The molecule has 1 aliphatic carbocycles. The molecule has 102 valence electrons. The van der Waals surface area contributed by atoms with Crippen molar-refractivity contribution in [2.45, 2.75) is 38.6 Å². The number of hydrogen-bond acceptors (Lipinski definition) is 3. The highest BCUT2D eigenvalue weighted by atomic mass is 16.2. The van der Waals surface area contributed by atoms with E-state index in [0.717, 1.165) is 25.7 Å². The Morgan fingerprint density at radius 3 is 2.22 bits per heavy atom. The van der Waals surface area contributed by atoms with Crippen LogP contribution in [0.4, 0.5) is 0 Å². The van der Waals surface area contributed by atoms with Crippen LogP contribution >= 0.6 is 0 Å². The molecule has 0 unspecified atom stereocenters. The van der Waals surface area contributed by atoms with Gasteiger partial charge in [-0.3, -0.25) is 9.59 Å². The Morgan fingerprint density at radius 2 is 1.72 bits per heavy atom. The van der Waals surface area contributed by atoms with Gasteiger partial charge in [0.05, 0.1) is 6.04 Å². The van der Waals surface area contributed by atoms with E-state index in [0.29, 0.717) is 26.2 Å². The maximum Gasteiger partial charge on any atom is 0.239 e. The van der Waals surface area contributed by atoms with Crippen molar-refractivity contribution in [2.75, 3.05) is 26.2 Å². The van der Waals surface area contributed by atoms with E-state index in [-0.39, 0.29) is 23.8 Å². The molecule has 1 heterocycles. The van der Waals surface area contributed by atoms with Crippen molar-refractivity contribution in [1.29, 1.82) is 0 Å². The summed E-state index contributed by atoms with van der Waals surface area (Å²) in [5, 5.41) is 0. The molecule has 0 bridgehead atoms. The van der Waals surface area contributed by atoms with Crippen molar-refractivity contribution in [3.8, 4) is 0 Å². The topological polar surface area (TPSA) is 66.6 Å². The van der Waals surface area contributed by atoms with Crippen molar-refractivity contribution in [2.24, 2.45) is 11.7 Å². The monoisotopic (exact) mass is 253 g/mol. The normalized spacial score (nSPS) is 21.9. The van der Waals surface area contributed by atoms with Gasteiger partial charge in [0.25, 0.3) is 0 Å². The number of nitrogens with two attached hydrogens (primary N) is 1. The molecule has 0 spiro atoms. The van der Waals surface area contributed by atoms with Gasteiger partial charge in [-0.15, -0.1) is 0 Å². The Balaban J connectivity index is 1.78. The van der Waals surface area contributed by atoms with E-state index in [9.17, 15) is 9.59 Å². The summed E-state index contributed by atoms with van der Waals surface area (Å²) in [5.41, 5.74) is 5.84. The average molecular weight is 253 g/mol. The highest BCUT2D eigenvalue weighted by Crippen LogP contribution is 2.31. The second kappa shape index (κ2) is 5.69. The number of piperazine rings is 1. The van der Waals surface area contributed by atoms with E-state index in [4.69, 9.17) is 5.73 Å². The summed E-state index contributed by atoms with van der Waals surface area (Å²) in [6.45, 7) is 4.63. The molecule has 18 heavy (non-hydrogen) atoms. The summed E-state index contributed by atoms with van der Waals surface area (Å²) < 4.78 is 0. The summed E-state index contributed by atoms with van der Waals surface area (Å²) in [7, 11) is 0. The number of amides is 2. The number of hydrogen-bond donors (Lipinski definition) is 1. The van der Waals surface area contributed by atoms with Crippen LogP contribution in [0.1, 0.15) is 32.6 Å². The van der Waals surface area contributed by atoms with Gasteiger partial charge in [-0.1, -0.05) is 13.3 Å². The second-order valence-electron chi connectivity index (χ2n) is 5.32. The van der Waals surface area contributed by atoms with Crippen LogP contribution in [0.2, 0.25) is 0 Å². The fourth-order valence-electron chi connectivity index (χ4n) is 2.40. The lowest BCUT2D eigenvalue weighted by atomic mass is 10.1. The standard InChI is InChI=1S/C13H23N3O2/c1-2-3-11(14)13(18)16-8-6-15(7-9-16)12(17)10-4-5-10/h10-11H,2-9,14H2,1H3/t11-/m0/s1. The van der Waals surface area contributed by atoms with Crippen LogP contribution in [0.5, 0.6) is 0 Å². The van der Waals surface area contributed by atoms with Crippen LogP contribution in [0.15, 0.2) is 0 Å². The Morgan fingerprint density at radius 1 is 1.17 bits per heavy atom. The van der Waals surface area contributed by atoms with Crippen molar-refractivity contribution in [3.05, 3.63) is 0 Å². The number of nitrogens with zero attached hydrogens (tertiary/aromatic N) is 2. The minimum atomic E-state index is -0.374. The highest BCUT2D eigenvalue weighted by molar-refractivity contribution is 5.83. The fraction of sp³-hybridized carbons (Fsp3) is 0.846. The zero-order valence-corrected chi connectivity index (χ0v) is 11.1. The molecule has 1 saturated heterocycles. The third-order valence-electron chi connectivity index (χ3n) is 3.75. The Hall–Kier alpha value is -1.10. The molecular weight excluding hydrogens is 230 g/mol. The van der Waals surface area contributed by atoms with Crippen molar-refractivity contribution < 1.29 is 9.59 Å². The number of carbonyl (C=O) groups excluding carboxylic acids is 2. The third kappa shape index (κ3) is 3.02. The summed E-state index contributed by atoms with van der Waals surface area (Å²) in [6, 6.07) is -0.374. The number of rotatable bonds is 4. The average Bonchev–Trinajstić information content (AvgIpc) is 3.22. The number of carbonyl (C=O) groups is 2. The van der Waals surface area contributed by atoms with Gasteiger partial charge < -0.3 is 15.5 Å². The van der Waals surface area contributed by atoms with E-state index in [1.807, 2.05) is 11.8 Å². The van der Waals surface area contributed by atoms with E-state index < -0.39 is 0 Å². The van der Waals surface area contributed by atoms with Crippen LogP contribution in [-0.4, -0.2) is 53.8 Å². The van der Waals surface area contributed by atoms with Crippen LogP contribution < -0.4 is 5.73 Å². The molecule has 0 aromatic heterocycles. The molecular formula is C13H23N3O2. The molecule has 0 aromatic carbocycles. The summed E-state index contributed by atoms with van der Waals surface area (Å²) in [6.07, 6.45) is 3.74. The first kappa shape index (κ1) is 13.3. The predicted molar refractivity (Wildman–Crippen MR) is 68.8 cm³/mol. The van der Waals surface area contributed by atoms with E-state index in [1.165, 1.54) is 0 Å². The van der Waals surface area contributed by atoms with E-state index in [2.05, 4.69) is 0 Å². The fourth-order valence-corrected chi connectivity index (χ4v) is 2.40. The lowest BCUT2D eigenvalue weighted by Gasteiger charge is -2.36. The van der Waals surface area contributed by atoms with E-state index in [1.54, 1.807) is 4.90 Å². The van der Waals surface area contributed by atoms with Crippen molar-refractivity contribution >= 4 is 11.8 Å². The van der Waals surface area contributed by atoms with Crippen LogP contribution in [0.3, 0.4) is 0 Å². The van der Waals surface area contributed by atoms with Crippen molar-refractivity contribution in [1.82, 2.24) is 9.80 Å². The molecule has 2 N–H and O–H groups in total. The minimum Gasteiger partial charge on any atom is -0.339 e. The van der Waals surface area contributed by atoms with Crippen LogP contribution in [0.25, 0.3) is 0 Å². The molecule has 1 aliphatic heterocycles. The molecule has 1 atom stereocenters. The summed E-state index contributed by atoms with van der Waals surface area (Å²) >= 11 is 0. The molecule has 2 aliphatic rings. The molecule has 2 rings (SSSR count). The summed E-state index contributed by atoms with van der Waals surface area (Å²) in [5.74, 6) is 0.588. The predicted octanol–water partition coefficient (Wildman–Crippen LogP) is 0.195. The molecule has 1 saturated carbocycles. The smallest absolute Gasteiger partial charge is 0.239 e.